The van der Waals surface area contributed by atoms with Crippen LogP contribution in [0, 0.1) is 40.9 Å². The molecule has 3 fully saturated rings. The number of fused-ring (bicyclic) bond motifs is 7. The number of ketones is 2. The SMILES string of the molecule is C#CC1(O)CCC2C3CCC4=Cc5oncc5CC4(C)C3CCC21C.CC(C)=CCC1=C(O)c2ccccc2C(=O)C1=O. The maximum atomic E-state index is 11.9. The maximum absolute atomic E-state index is 11.9. The largest absolute Gasteiger partial charge is 0.507 e. The molecule has 1 heterocycles. The standard InChI is InChI=1S/C22H27NO2.C15H14O3/c1-4-22(24)10-8-18-16-6-5-15-11-19-14(13-23-25-19)12-20(15,2)17(16)7-9-21(18,22)3;1-9(2)7-8-12-13(16)10-5-3-4-6-11(10)14(17)15(12)18/h1,11,13,16-18,24H,5-10,12H2,2-3H3;3-7,16H,8H2,1-2H3. The molecule has 6 unspecified atom stereocenters. The fourth-order valence-electron chi connectivity index (χ4n) is 9.05. The first-order valence-electron chi connectivity index (χ1n) is 15.5. The predicted octanol–water partition coefficient (Wildman–Crippen LogP) is 7.30. The summed E-state index contributed by atoms with van der Waals surface area (Å²) in [4.78, 5) is 23.8. The minimum absolute atomic E-state index is 0.0762. The smallest absolute Gasteiger partial charge is 0.234 e. The van der Waals surface area contributed by atoms with Crippen LogP contribution in [0.15, 0.2) is 57.8 Å². The average molecular weight is 580 g/mol. The zero-order valence-corrected chi connectivity index (χ0v) is 25.6. The summed E-state index contributed by atoms with van der Waals surface area (Å²) in [6, 6.07) is 6.62. The van der Waals surface area contributed by atoms with Gasteiger partial charge in [-0.05, 0) is 94.5 Å². The van der Waals surface area contributed by atoms with E-state index in [0.717, 1.165) is 49.9 Å². The Morgan fingerprint density at radius 1 is 1.09 bits per heavy atom. The molecule has 2 aromatic rings. The van der Waals surface area contributed by atoms with Gasteiger partial charge in [0.1, 0.15) is 11.4 Å². The van der Waals surface area contributed by atoms with Crippen LogP contribution < -0.4 is 0 Å². The van der Waals surface area contributed by atoms with Gasteiger partial charge in [0.15, 0.2) is 5.76 Å². The summed E-state index contributed by atoms with van der Waals surface area (Å²) >= 11 is 0. The van der Waals surface area contributed by atoms with Crippen LogP contribution in [0.25, 0.3) is 11.8 Å². The lowest BCUT2D eigenvalue weighted by molar-refractivity contribution is -0.112. The molecule has 2 N–H and O–H groups in total. The van der Waals surface area contributed by atoms with E-state index in [-0.39, 0.29) is 34.1 Å². The van der Waals surface area contributed by atoms with Crippen molar-refractivity contribution in [3.8, 4) is 12.3 Å². The summed E-state index contributed by atoms with van der Waals surface area (Å²) < 4.78 is 5.43. The molecule has 1 aromatic heterocycles. The molecule has 43 heavy (non-hydrogen) atoms. The summed E-state index contributed by atoms with van der Waals surface area (Å²) in [6.07, 6.45) is 19.5. The number of aliphatic hydroxyl groups excluding tert-OH is 1. The van der Waals surface area contributed by atoms with Crippen LogP contribution in [0.3, 0.4) is 0 Å². The van der Waals surface area contributed by atoms with Crippen LogP contribution in [-0.2, 0) is 11.2 Å². The Hall–Kier alpha value is -3.69. The number of allylic oxidation sites excluding steroid dienone is 4. The molecule has 5 aliphatic rings. The molecule has 0 aliphatic heterocycles. The second-order valence-corrected chi connectivity index (χ2v) is 13.9. The molecule has 6 nitrogen and oxygen atoms in total. The molecule has 0 spiro atoms. The number of terminal acetylenes is 1. The Bertz CT molecular complexity index is 1630. The van der Waals surface area contributed by atoms with Crippen LogP contribution in [-0.4, -0.2) is 32.5 Å². The van der Waals surface area contributed by atoms with Gasteiger partial charge in [0, 0.05) is 27.7 Å². The van der Waals surface area contributed by atoms with E-state index >= 15 is 0 Å². The Balaban J connectivity index is 0.000000163. The van der Waals surface area contributed by atoms with Gasteiger partial charge in [0.05, 0.1) is 6.20 Å². The van der Waals surface area contributed by atoms with Crippen molar-refractivity contribution in [1.82, 2.24) is 5.16 Å². The van der Waals surface area contributed by atoms with Gasteiger partial charge >= 0.3 is 0 Å². The lowest BCUT2D eigenvalue weighted by atomic mass is 9.46. The molecule has 6 atom stereocenters. The topological polar surface area (TPSA) is 101 Å². The highest BCUT2D eigenvalue weighted by molar-refractivity contribution is 6.52. The fraction of sp³-hybridized carbons (Fsp3) is 0.486. The zero-order chi connectivity index (χ0) is 30.7. The van der Waals surface area contributed by atoms with Crippen LogP contribution in [0.2, 0.25) is 0 Å². The lowest BCUT2D eigenvalue weighted by Gasteiger charge is -2.58. The molecular weight excluding hydrogens is 538 g/mol. The van der Waals surface area contributed by atoms with Gasteiger partial charge in [-0.1, -0.05) is 66.4 Å². The lowest BCUT2D eigenvalue weighted by Crippen LogP contribution is -2.54. The number of aromatic nitrogens is 1. The van der Waals surface area contributed by atoms with E-state index in [0.29, 0.717) is 23.3 Å². The third kappa shape index (κ3) is 4.47. The highest BCUT2D eigenvalue weighted by atomic mass is 16.5. The molecule has 7 rings (SSSR count). The van der Waals surface area contributed by atoms with Crippen molar-refractivity contribution in [2.24, 2.45) is 28.6 Å². The van der Waals surface area contributed by atoms with Crippen molar-refractivity contribution in [2.45, 2.75) is 84.7 Å². The van der Waals surface area contributed by atoms with Crippen molar-refractivity contribution >= 4 is 23.4 Å². The van der Waals surface area contributed by atoms with E-state index in [9.17, 15) is 19.8 Å². The first-order valence-corrected chi connectivity index (χ1v) is 15.5. The van der Waals surface area contributed by atoms with E-state index in [1.54, 1.807) is 29.8 Å². The molecule has 6 heteroatoms. The number of Topliss-reactive ketones (excluding diaryl/α,β-unsaturated/α-hetero) is 2. The predicted molar refractivity (Wildman–Crippen MR) is 166 cm³/mol. The number of carbonyl (C=O) groups is 2. The molecule has 0 bridgehead atoms. The number of nitrogens with zero attached hydrogens (tertiary/aromatic N) is 1. The minimum Gasteiger partial charge on any atom is -0.507 e. The van der Waals surface area contributed by atoms with Crippen molar-refractivity contribution in [2.75, 3.05) is 0 Å². The maximum Gasteiger partial charge on any atom is 0.234 e. The molecule has 0 amide bonds. The molecule has 224 valence electrons. The Kier molecular flexibility index (Phi) is 7.17. The van der Waals surface area contributed by atoms with E-state index in [2.05, 4.69) is 31.0 Å². The first kappa shape index (κ1) is 29.4. The Morgan fingerprint density at radius 3 is 2.53 bits per heavy atom. The second kappa shape index (κ2) is 10.5. The summed E-state index contributed by atoms with van der Waals surface area (Å²) in [7, 11) is 0. The third-order valence-corrected chi connectivity index (χ3v) is 11.6. The van der Waals surface area contributed by atoms with Gasteiger partial charge < -0.3 is 14.7 Å². The van der Waals surface area contributed by atoms with Crippen LogP contribution in [0.4, 0.5) is 0 Å². The minimum atomic E-state index is -0.909. The van der Waals surface area contributed by atoms with Crippen molar-refractivity contribution < 1.29 is 24.3 Å². The molecule has 0 radical (unpaired) electrons. The van der Waals surface area contributed by atoms with Crippen molar-refractivity contribution in [3.05, 3.63) is 75.7 Å². The number of hydrogen-bond acceptors (Lipinski definition) is 6. The first-order chi connectivity index (χ1) is 20.4. The van der Waals surface area contributed by atoms with Crippen molar-refractivity contribution in [1.29, 1.82) is 0 Å². The fourth-order valence-corrected chi connectivity index (χ4v) is 9.05. The van der Waals surface area contributed by atoms with E-state index in [1.165, 1.54) is 12.0 Å². The highest BCUT2D eigenvalue weighted by Gasteiger charge is 2.63. The van der Waals surface area contributed by atoms with Gasteiger partial charge in [0.25, 0.3) is 0 Å². The average Bonchev–Trinajstić information content (AvgIpc) is 3.55. The van der Waals surface area contributed by atoms with Gasteiger partial charge in [-0.15, -0.1) is 6.42 Å². The number of aliphatic hydroxyl groups is 2. The number of carbonyl (C=O) groups excluding carboxylic acids is 2. The molecule has 5 aliphatic carbocycles. The molecule has 0 saturated heterocycles. The Labute approximate surface area is 253 Å². The quantitative estimate of drug-likeness (QED) is 0.220. The van der Waals surface area contributed by atoms with Crippen LogP contribution >= 0.6 is 0 Å². The molecular formula is C37H41NO5. The van der Waals surface area contributed by atoms with Gasteiger partial charge in [-0.25, -0.2) is 0 Å². The van der Waals surface area contributed by atoms with Crippen molar-refractivity contribution in [3.63, 3.8) is 0 Å². The molecule has 3 saturated carbocycles. The van der Waals surface area contributed by atoms with Gasteiger partial charge in [-0.2, -0.15) is 0 Å². The summed E-state index contributed by atoms with van der Waals surface area (Å²) in [5.74, 6) is 4.41. The van der Waals surface area contributed by atoms with Crippen LogP contribution in [0.5, 0.6) is 0 Å². The van der Waals surface area contributed by atoms with Crippen LogP contribution in [0.1, 0.15) is 99.9 Å². The monoisotopic (exact) mass is 579 g/mol. The highest BCUT2D eigenvalue weighted by Crippen LogP contribution is 2.67. The number of hydrogen-bond donors (Lipinski definition) is 2. The van der Waals surface area contributed by atoms with Gasteiger partial charge in [-0.3, -0.25) is 9.59 Å². The second-order valence-electron chi connectivity index (χ2n) is 13.9. The summed E-state index contributed by atoms with van der Waals surface area (Å²) in [5, 5.41) is 25.2. The normalized spacial score (nSPS) is 33.9. The number of rotatable bonds is 2. The van der Waals surface area contributed by atoms with E-state index in [4.69, 9.17) is 10.9 Å². The number of benzene rings is 1. The van der Waals surface area contributed by atoms with Gasteiger partial charge in [0.2, 0.25) is 11.6 Å². The third-order valence-electron chi connectivity index (χ3n) is 11.6. The Morgan fingerprint density at radius 2 is 1.81 bits per heavy atom. The van der Waals surface area contributed by atoms with E-state index in [1.807, 2.05) is 26.1 Å². The molecule has 1 aromatic carbocycles. The zero-order valence-electron chi connectivity index (χ0n) is 25.6. The summed E-state index contributed by atoms with van der Waals surface area (Å²) in [6.45, 7) is 8.52. The van der Waals surface area contributed by atoms with E-state index < -0.39 is 17.2 Å². The summed E-state index contributed by atoms with van der Waals surface area (Å²) in [5.41, 5.74) is 3.93.